The highest BCUT2D eigenvalue weighted by molar-refractivity contribution is 7.98. The van der Waals surface area contributed by atoms with Crippen LogP contribution in [0.4, 0.5) is 0 Å². The number of thioether (sulfide) groups is 1. The molecule has 0 atom stereocenters. The highest BCUT2D eigenvalue weighted by Gasteiger charge is 2.08. The van der Waals surface area contributed by atoms with E-state index in [4.69, 9.17) is 4.74 Å². The van der Waals surface area contributed by atoms with Gasteiger partial charge in [-0.25, -0.2) is 9.97 Å². The van der Waals surface area contributed by atoms with Crippen molar-refractivity contribution in [3.8, 4) is 11.6 Å². The first-order valence-corrected chi connectivity index (χ1v) is 8.01. The van der Waals surface area contributed by atoms with E-state index in [9.17, 15) is 5.21 Å². The van der Waals surface area contributed by atoms with Gasteiger partial charge >= 0.3 is 0 Å². The van der Waals surface area contributed by atoms with E-state index in [1.54, 1.807) is 53.4 Å². The molecule has 7 heteroatoms. The van der Waals surface area contributed by atoms with Gasteiger partial charge < -0.3 is 9.94 Å². The molecule has 0 radical (unpaired) electrons. The Morgan fingerprint density at radius 2 is 2.04 bits per heavy atom. The summed E-state index contributed by atoms with van der Waals surface area (Å²) in [5.74, 6) is 1.52. The largest absolute Gasteiger partial charge is 0.439 e. The zero-order valence-electron chi connectivity index (χ0n) is 12.3. The maximum absolute atomic E-state index is 9.18. The molecule has 0 unspecified atom stereocenters. The summed E-state index contributed by atoms with van der Waals surface area (Å²) >= 11 is 1.67. The highest BCUT2D eigenvalue weighted by atomic mass is 32.2. The first kappa shape index (κ1) is 15.1. The Kier molecular flexibility index (Phi) is 4.58. The first-order chi connectivity index (χ1) is 11.3. The molecule has 0 amide bonds. The van der Waals surface area contributed by atoms with E-state index >= 15 is 0 Å². The third-order valence-electron chi connectivity index (χ3n) is 3.12. The molecule has 0 fully saturated rings. The van der Waals surface area contributed by atoms with Crippen LogP contribution >= 0.6 is 11.8 Å². The van der Waals surface area contributed by atoms with Crippen LogP contribution in [0.3, 0.4) is 0 Å². The Hall–Kier alpha value is -2.80. The van der Waals surface area contributed by atoms with Crippen LogP contribution in [0.25, 0.3) is 0 Å². The summed E-state index contributed by atoms with van der Waals surface area (Å²) in [4.78, 5) is 9.34. The molecule has 116 valence electrons. The molecule has 23 heavy (non-hydrogen) atoms. The quantitative estimate of drug-likeness (QED) is 0.261. The summed E-state index contributed by atoms with van der Waals surface area (Å²) in [6.45, 7) is 0. The molecule has 3 aromatic rings. The second-order valence-corrected chi connectivity index (χ2v) is 5.44. The molecule has 3 rings (SSSR count). The van der Waals surface area contributed by atoms with Crippen LogP contribution in [0.15, 0.2) is 71.4 Å². The summed E-state index contributed by atoms with van der Waals surface area (Å²) in [6.07, 6.45) is 8.45. The van der Waals surface area contributed by atoms with Gasteiger partial charge in [0.05, 0.1) is 0 Å². The SMILES string of the molecule is CSc1ccc(Oc2ccc(/C(=N/O)n3ccnc3)cn2)cc1. The third-order valence-corrected chi connectivity index (χ3v) is 3.86. The van der Waals surface area contributed by atoms with E-state index in [1.807, 2.05) is 30.5 Å². The van der Waals surface area contributed by atoms with Crippen molar-refractivity contribution in [2.24, 2.45) is 5.16 Å². The van der Waals surface area contributed by atoms with Crippen LogP contribution < -0.4 is 4.74 Å². The van der Waals surface area contributed by atoms with Crippen LogP contribution in [-0.4, -0.2) is 31.8 Å². The monoisotopic (exact) mass is 326 g/mol. The van der Waals surface area contributed by atoms with Crippen molar-refractivity contribution in [3.63, 3.8) is 0 Å². The van der Waals surface area contributed by atoms with Crippen molar-refractivity contribution in [3.05, 3.63) is 66.9 Å². The number of hydrogen-bond acceptors (Lipinski definition) is 6. The van der Waals surface area contributed by atoms with Gasteiger partial charge in [0.2, 0.25) is 5.88 Å². The minimum Gasteiger partial charge on any atom is -0.439 e. The standard InChI is InChI=1S/C16H14N4O2S/c1-23-14-5-3-13(4-6-14)22-15-7-2-12(10-18-15)16(19-21)20-9-8-17-11-20/h2-11,21H,1H3/b19-16-. The molecule has 1 aromatic carbocycles. The van der Waals surface area contributed by atoms with Gasteiger partial charge in [0.25, 0.3) is 0 Å². The average molecular weight is 326 g/mol. The first-order valence-electron chi connectivity index (χ1n) is 6.79. The van der Waals surface area contributed by atoms with Crippen molar-refractivity contribution < 1.29 is 9.94 Å². The molecule has 6 nitrogen and oxygen atoms in total. The van der Waals surface area contributed by atoms with E-state index in [0.29, 0.717) is 23.0 Å². The Bertz CT molecular complexity index is 784. The van der Waals surface area contributed by atoms with Gasteiger partial charge in [-0.3, -0.25) is 4.57 Å². The average Bonchev–Trinajstić information content (AvgIpc) is 3.12. The van der Waals surface area contributed by atoms with Gasteiger partial charge in [0.1, 0.15) is 12.1 Å². The normalized spacial score (nSPS) is 11.4. The van der Waals surface area contributed by atoms with Crippen LogP contribution in [0.1, 0.15) is 5.56 Å². The third kappa shape index (κ3) is 3.51. The zero-order chi connectivity index (χ0) is 16.1. The van der Waals surface area contributed by atoms with E-state index in [2.05, 4.69) is 15.1 Å². The molecule has 0 aliphatic carbocycles. The smallest absolute Gasteiger partial charge is 0.219 e. The van der Waals surface area contributed by atoms with Crippen molar-refractivity contribution >= 4 is 17.6 Å². The Morgan fingerprint density at radius 1 is 1.22 bits per heavy atom. The van der Waals surface area contributed by atoms with Crippen LogP contribution in [0.5, 0.6) is 11.6 Å². The van der Waals surface area contributed by atoms with Crippen molar-refractivity contribution in [2.75, 3.05) is 6.26 Å². The van der Waals surface area contributed by atoms with Gasteiger partial charge in [-0.05, 0) is 36.6 Å². The number of rotatable bonds is 4. The Labute approximate surface area is 137 Å². The molecule has 1 N–H and O–H groups in total. The molecule has 2 heterocycles. The van der Waals surface area contributed by atoms with Gasteiger partial charge in [-0.15, -0.1) is 11.8 Å². The molecule has 0 aliphatic rings. The molecular formula is C16H14N4O2S. The predicted octanol–water partition coefficient (Wildman–Crippen LogP) is 3.48. The van der Waals surface area contributed by atoms with E-state index in [0.717, 1.165) is 0 Å². The Morgan fingerprint density at radius 3 is 2.61 bits per heavy atom. The maximum Gasteiger partial charge on any atom is 0.219 e. The van der Waals surface area contributed by atoms with E-state index in [1.165, 1.54) is 4.90 Å². The van der Waals surface area contributed by atoms with Gasteiger partial charge in [-0.2, -0.15) is 0 Å². The lowest BCUT2D eigenvalue weighted by Crippen LogP contribution is -2.11. The summed E-state index contributed by atoms with van der Waals surface area (Å²) in [5.41, 5.74) is 0.649. The number of benzene rings is 1. The second kappa shape index (κ2) is 6.97. The van der Waals surface area contributed by atoms with Gasteiger partial charge in [0, 0.05) is 35.1 Å². The maximum atomic E-state index is 9.18. The fraction of sp³-hybridized carbons (Fsp3) is 0.0625. The second-order valence-electron chi connectivity index (χ2n) is 4.56. The van der Waals surface area contributed by atoms with Crippen LogP contribution in [0, 0.1) is 0 Å². The van der Waals surface area contributed by atoms with Gasteiger partial charge in [0.15, 0.2) is 5.84 Å². The molecule has 0 spiro atoms. The minimum atomic E-state index is 0.339. The molecule has 0 aliphatic heterocycles. The minimum absolute atomic E-state index is 0.339. The lowest BCUT2D eigenvalue weighted by atomic mass is 10.2. The lowest BCUT2D eigenvalue weighted by molar-refractivity contribution is 0.317. The summed E-state index contributed by atoms with van der Waals surface area (Å²) < 4.78 is 7.29. The fourth-order valence-electron chi connectivity index (χ4n) is 1.98. The summed E-state index contributed by atoms with van der Waals surface area (Å²) in [6, 6.07) is 11.3. The number of nitrogens with zero attached hydrogens (tertiary/aromatic N) is 4. The fourth-order valence-corrected chi connectivity index (χ4v) is 2.39. The summed E-state index contributed by atoms with van der Waals surface area (Å²) in [5, 5.41) is 12.5. The number of imidazole rings is 1. The molecule has 0 saturated carbocycles. The number of pyridine rings is 1. The van der Waals surface area contributed by atoms with Crippen molar-refractivity contribution in [1.82, 2.24) is 14.5 Å². The Balaban J connectivity index is 1.76. The van der Waals surface area contributed by atoms with Crippen LogP contribution in [-0.2, 0) is 0 Å². The van der Waals surface area contributed by atoms with E-state index < -0.39 is 0 Å². The number of aromatic nitrogens is 3. The zero-order valence-corrected chi connectivity index (χ0v) is 13.1. The predicted molar refractivity (Wildman–Crippen MR) is 88.5 cm³/mol. The molecule has 0 saturated heterocycles. The molecule has 0 bridgehead atoms. The van der Waals surface area contributed by atoms with E-state index in [-0.39, 0.29) is 0 Å². The topological polar surface area (TPSA) is 72.5 Å². The number of oxime groups is 1. The lowest BCUT2D eigenvalue weighted by Gasteiger charge is -2.07. The van der Waals surface area contributed by atoms with Crippen LogP contribution in [0.2, 0.25) is 0 Å². The summed E-state index contributed by atoms with van der Waals surface area (Å²) in [7, 11) is 0. The molecular weight excluding hydrogens is 312 g/mol. The van der Waals surface area contributed by atoms with Crippen molar-refractivity contribution in [2.45, 2.75) is 4.90 Å². The van der Waals surface area contributed by atoms with Crippen molar-refractivity contribution in [1.29, 1.82) is 0 Å². The highest BCUT2D eigenvalue weighted by Crippen LogP contribution is 2.23. The van der Waals surface area contributed by atoms with Gasteiger partial charge in [-0.1, -0.05) is 5.16 Å². The number of hydrogen-bond donors (Lipinski definition) is 1. The molecule has 2 aromatic heterocycles. The number of ether oxygens (including phenoxy) is 1.